The first kappa shape index (κ1) is 18.3. The lowest BCUT2D eigenvalue weighted by molar-refractivity contribution is -0.118. The Kier molecular flexibility index (Phi) is 5.89. The Morgan fingerprint density at radius 2 is 1.81 bits per heavy atom. The molecule has 3 rings (SSSR count). The number of methoxy groups -OCH3 is 1. The van der Waals surface area contributed by atoms with E-state index in [0.717, 1.165) is 22.7 Å². The van der Waals surface area contributed by atoms with Crippen molar-refractivity contribution in [2.75, 3.05) is 24.4 Å². The van der Waals surface area contributed by atoms with E-state index in [2.05, 4.69) is 15.6 Å². The third-order valence-corrected chi connectivity index (χ3v) is 3.81. The Labute approximate surface area is 158 Å². The molecule has 0 saturated carbocycles. The summed E-state index contributed by atoms with van der Waals surface area (Å²) < 4.78 is 10.8. The minimum absolute atomic E-state index is 0.0774. The number of rotatable bonds is 7. The van der Waals surface area contributed by atoms with Gasteiger partial charge in [-0.15, -0.1) is 0 Å². The van der Waals surface area contributed by atoms with Crippen molar-refractivity contribution >= 4 is 23.1 Å². The summed E-state index contributed by atoms with van der Waals surface area (Å²) in [7, 11) is 1.62. The number of benzene rings is 2. The van der Waals surface area contributed by atoms with E-state index in [9.17, 15) is 4.79 Å². The zero-order valence-corrected chi connectivity index (χ0v) is 15.2. The molecule has 3 aromatic rings. The lowest BCUT2D eigenvalue weighted by atomic mass is 10.2. The molecule has 0 radical (unpaired) electrons. The average Bonchev–Trinajstić information content (AvgIpc) is 2.69. The standard InChI is InChI=1S/C21H21N3O3/c1-15-7-10-17(11-8-15)27-14-21(25)24-20-12-9-16(13-22-20)23-18-5-3-4-6-19(18)26-2/h3-13,23H,14H2,1-2H3,(H,22,24,25). The second kappa shape index (κ2) is 8.71. The number of anilines is 3. The maximum Gasteiger partial charge on any atom is 0.263 e. The third kappa shape index (κ3) is 5.22. The number of amides is 1. The normalized spacial score (nSPS) is 10.1. The fourth-order valence-electron chi connectivity index (χ4n) is 2.41. The van der Waals surface area contributed by atoms with Crippen LogP contribution in [-0.4, -0.2) is 24.6 Å². The molecule has 0 saturated heterocycles. The van der Waals surface area contributed by atoms with E-state index in [1.165, 1.54) is 0 Å². The van der Waals surface area contributed by atoms with Crippen LogP contribution in [0.4, 0.5) is 17.2 Å². The van der Waals surface area contributed by atoms with Gasteiger partial charge in [-0.1, -0.05) is 29.8 Å². The van der Waals surface area contributed by atoms with Gasteiger partial charge in [0, 0.05) is 0 Å². The van der Waals surface area contributed by atoms with E-state index in [-0.39, 0.29) is 12.5 Å². The maximum atomic E-state index is 12.0. The molecule has 0 aliphatic rings. The van der Waals surface area contributed by atoms with E-state index < -0.39 is 0 Å². The van der Waals surface area contributed by atoms with Gasteiger partial charge in [0.25, 0.3) is 5.91 Å². The van der Waals surface area contributed by atoms with Gasteiger partial charge >= 0.3 is 0 Å². The molecule has 1 heterocycles. The molecule has 0 aliphatic heterocycles. The summed E-state index contributed by atoms with van der Waals surface area (Å²) in [6.07, 6.45) is 1.64. The van der Waals surface area contributed by atoms with Crippen LogP contribution in [0.1, 0.15) is 5.56 Å². The van der Waals surface area contributed by atoms with Gasteiger partial charge in [-0.25, -0.2) is 4.98 Å². The van der Waals surface area contributed by atoms with Crippen LogP contribution in [-0.2, 0) is 4.79 Å². The van der Waals surface area contributed by atoms with E-state index in [4.69, 9.17) is 9.47 Å². The fourth-order valence-corrected chi connectivity index (χ4v) is 2.41. The van der Waals surface area contributed by atoms with Gasteiger partial charge in [0.1, 0.15) is 17.3 Å². The van der Waals surface area contributed by atoms with Crippen LogP contribution in [0.15, 0.2) is 66.9 Å². The van der Waals surface area contributed by atoms with E-state index in [1.54, 1.807) is 19.4 Å². The first-order valence-electron chi connectivity index (χ1n) is 8.49. The van der Waals surface area contributed by atoms with Crippen molar-refractivity contribution in [2.45, 2.75) is 6.92 Å². The first-order valence-corrected chi connectivity index (χ1v) is 8.49. The molecule has 2 N–H and O–H groups in total. The number of aryl methyl sites for hydroxylation is 1. The molecule has 6 nitrogen and oxygen atoms in total. The second-order valence-electron chi connectivity index (χ2n) is 5.91. The summed E-state index contributed by atoms with van der Waals surface area (Å²) in [6.45, 7) is 1.92. The van der Waals surface area contributed by atoms with Gasteiger partial charge < -0.3 is 20.1 Å². The predicted molar refractivity (Wildman–Crippen MR) is 106 cm³/mol. The number of ether oxygens (including phenoxy) is 2. The van der Waals surface area contributed by atoms with E-state index in [0.29, 0.717) is 11.6 Å². The minimum atomic E-state index is -0.270. The van der Waals surface area contributed by atoms with Crippen molar-refractivity contribution in [3.05, 3.63) is 72.4 Å². The number of para-hydroxylation sites is 2. The van der Waals surface area contributed by atoms with Crippen LogP contribution in [0.25, 0.3) is 0 Å². The van der Waals surface area contributed by atoms with Crippen molar-refractivity contribution < 1.29 is 14.3 Å². The highest BCUT2D eigenvalue weighted by atomic mass is 16.5. The summed E-state index contributed by atoms with van der Waals surface area (Å²) >= 11 is 0. The number of nitrogens with one attached hydrogen (secondary N) is 2. The van der Waals surface area contributed by atoms with Crippen molar-refractivity contribution in [3.63, 3.8) is 0 Å². The van der Waals surface area contributed by atoms with Crippen LogP contribution >= 0.6 is 0 Å². The van der Waals surface area contributed by atoms with Crippen molar-refractivity contribution in [1.82, 2.24) is 4.98 Å². The molecule has 0 unspecified atom stereocenters. The Morgan fingerprint density at radius 3 is 2.52 bits per heavy atom. The monoisotopic (exact) mass is 363 g/mol. The summed E-state index contributed by atoms with van der Waals surface area (Å²) in [4.78, 5) is 16.3. The van der Waals surface area contributed by atoms with Crippen molar-refractivity contribution in [3.8, 4) is 11.5 Å². The molecule has 0 aliphatic carbocycles. The number of carbonyl (C=O) groups is 1. The van der Waals surface area contributed by atoms with Crippen LogP contribution in [0.2, 0.25) is 0 Å². The maximum absolute atomic E-state index is 12.0. The zero-order chi connectivity index (χ0) is 19.1. The smallest absolute Gasteiger partial charge is 0.263 e. The largest absolute Gasteiger partial charge is 0.495 e. The van der Waals surface area contributed by atoms with Crippen LogP contribution in [0, 0.1) is 6.92 Å². The van der Waals surface area contributed by atoms with E-state index in [1.807, 2.05) is 61.5 Å². The number of nitrogens with zero attached hydrogens (tertiary/aromatic N) is 1. The first-order chi connectivity index (χ1) is 13.1. The molecule has 2 aromatic carbocycles. The Hall–Kier alpha value is -3.54. The number of hydrogen-bond acceptors (Lipinski definition) is 5. The molecule has 0 fully saturated rings. The van der Waals surface area contributed by atoms with Crippen LogP contribution < -0.4 is 20.1 Å². The summed E-state index contributed by atoms with van der Waals surface area (Å²) in [5.74, 6) is 1.58. The van der Waals surface area contributed by atoms with E-state index >= 15 is 0 Å². The fraction of sp³-hybridized carbons (Fsp3) is 0.143. The van der Waals surface area contributed by atoms with Gasteiger partial charge in [-0.05, 0) is 43.3 Å². The highest BCUT2D eigenvalue weighted by Crippen LogP contribution is 2.26. The average molecular weight is 363 g/mol. The third-order valence-electron chi connectivity index (χ3n) is 3.81. The molecular weight excluding hydrogens is 342 g/mol. The molecule has 1 aromatic heterocycles. The van der Waals surface area contributed by atoms with Crippen LogP contribution in [0.5, 0.6) is 11.5 Å². The van der Waals surface area contributed by atoms with Gasteiger partial charge in [0.2, 0.25) is 0 Å². The predicted octanol–water partition coefficient (Wildman–Crippen LogP) is 4.16. The zero-order valence-electron chi connectivity index (χ0n) is 15.2. The van der Waals surface area contributed by atoms with Crippen LogP contribution in [0.3, 0.4) is 0 Å². The Bertz CT molecular complexity index is 893. The lowest BCUT2D eigenvalue weighted by Crippen LogP contribution is -2.20. The van der Waals surface area contributed by atoms with Crippen molar-refractivity contribution in [1.29, 1.82) is 0 Å². The second-order valence-corrected chi connectivity index (χ2v) is 5.91. The Balaban J connectivity index is 1.54. The minimum Gasteiger partial charge on any atom is -0.495 e. The Morgan fingerprint density at radius 1 is 1.04 bits per heavy atom. The quantitative estimate of drug-likeness (QED) is 0.659. The highest BCUT2D eigenvalue weighted by Gasteiger charge is 2.06. The highest BCUT2D eigenvalue weighted by molar-refractivity contribution is 5.91. The number of aromatic nitrogens is 1. The molecule has 0 atom stereocenters. The molecule has 1 amide bonds. The molecule has 0 spiro atoms. The molecule has 138 valence electrons. The SMILES string of the molecule is COc1ccccc1Nc1ccc(NC(=O)COc2ccc(C)cc2)nc1. The molecule has 0 bridgehead atoms. The number of pyridine rings is 1. The number of hydrogen-bond donors (Lipinski definition) is 2. The van der Waals surface area contributed by atoms with Crippen molar-refractivity contribution in [2.24, 2.45) is 0 Å². The topological polar surface area (TPSA) is 72.5 Å². The lowest BCUT2D eigenvalue weighted by Gasteiger charge is -2.11. The molecule has 27 heavy (non-hydrogen) atoms. The van der Waals surface area contributed by atoms with Gasteiger partial charge in [-0.2, -0.15) is 0 Å². The van der Waals surface area contributed by atoms with Gasteiger partial charge in [0.05, 0.1) is 24.7 Å². The number of carbonyl (C=O) groups excluding carboxylic acids is 1. The molecular formula is C21H21N3O3. The summed E-state index contributed by atoms with van der Waals surface area (Å²) in [5.41, 5.74) is 2.76. The van der Waals surface area contributed by atoms with Gasteiger partial charge in [0.15, 0.2) is 6.61 Å². The van der Waals surface area contributed by atoms with Gasteiger partial charge in [-0.3, -0.25) is 4.79 Å². The summed E-state index contributed by atoms with van der Waals surface area (Å²) in [5, 5.41) is 5.94. The molecule has 6 heteroatoms. The summed E-state index contributed by atoms with van der Waals surface area (Å²) in [6, 6.07) is 18.7.